The molecule has 1 aromatic heterocycles. The van der Waals surface area contributed by atoms with Gasteiger partial charge in [0.25, 0.3) is 0 Å². The molecule has 1 atom stereocenters. The molecule has 0 bridgehead atoms. The van der Waals surface area contributed by atoms with Gasteiger partial charge in [0.2, 0.25) is 9.84 Å². The Kier molecular flexibility index (Phi) is 5.37. The molecule has 0 amide bonds. The van der Waals surface area contributed by atoms with Gasteiger partial charge >= 0.3 is 0 Å². The summed E-state index contributed by atoms with van der Waals surface area (Å²) in [6, 6.07) is 14.9. The average Bonchev–Trinajstić information content (AvgIpc) is 2.74. The van der Waals surface area contributed by atoms with Gasteiger partial charge in [0, 0.05) is 18.1 Å². The standard InChI is InChI=1S/C20H17ClN4O3S/c21-14-5-7-15(8-6-14)29(26,27)18(13-22)19-20(25-9-11-28-12-10-25)24-17-4-2-1-3-16(17)23-19/h1-8,18H,9-12H2/t18-/m1/s1. The predicted octanol–water partition coefficient (Wildman–Crippen LogP) is 3.16. The van der Waals surface area contributed by atoms with E-state index in [9.17, 15) is 13.7 Å². The Bertz CT molecular complexity index is 1190. The van der Waals surface area contributed by atoms with Crippen LogP contribution in [-0.4, -0.2) is 44.7 Å². The van der Waals surface area contributed by atoms with Crippen LogP contribution in [0.2, 0.25) is 5.02 Å². The van der Waals surface area contributed by atoms with E-state index < -0.39 is 15.1 Å². The van der Waals surface area contributed by atoms with Crippen molar-refractivity contribution < 1.29 is 13.2 Å². The van der Waals surface area contributed by atoms with Crippen molar-refractivity contribution in [3.63, 3.8) is 0 Å². The molecule has 0 spiro atoms. The number of nitriles is 1. The Morgan fingerprint density at radius 3 is 2.28 bits per heavy atom. The summed E-state index contributed by atoms with van der Waals surface area (Å²) in [5.74, 6) is 0.399. The second kappa shape index (κ2) is 7.95. The number of ether oxygens (including phenoxy) is 1. The molecule has 9 heteroatoms. The third kappa shape index (κ3) is 3.77. The molecular weight excluding hydrogens is 412 g/mol. The van der Waals surface area contributed by atoms with Gasteiger partial charge in [-0.05, 0) is 36.4 Å². The highest BCUT2D eigenvalue weighted by atomic mass is 35.5. The van der Waals surface area contributed by atoms with Crippen LogP contribution in [0.3, 0.4) is 0 Å². The molecule has 0 aliphatic carbocycles. The lowest BCUT2D eigenvalue weighted by Crippen LogP contribution is -2.38. The summed E-state index contributed by atoms with van der Waals surface area (Å²) in [5, 5.41) is 8.77. The van der Waals surface area contributed by atoms with Gasteiger partial charge in [-0.15, -0.1) is 0 Å². The van der Waals surface area contributed by atoms with E-state index in [2.05, 4.69) is 9.97 Å². The van der Waals surface area contributed by atoms with E-state index in [0.717, 1.165) is 0 Å². The van der Waals surface area contributed by atoms with Crippen molar-refractivity contribution in [3.8, 4) is 6.07 Å². The van der Waals surface area contributed by atoms with Crippen LogP contribution in [0.15, 0.2) is 53.4 Å². The lowest BCUT2D eigenvalue weighted by Gasteiger charge is -2.30. The normalized spacial score (nSPS) is 15.8. The van der Waals surface area contributed by atoms with Crippen LogP contribution in [0.25, 0.3) is 11.0 Å². The maximum absolute atomic E-state index is 13.3. The average molecular weight is 429 g/mol. The van der Waals surface area contributed by atoms with Crippen molar-refractivity contribution in [2.24, 2.45) is 0 Å². The number of morpholine rings is 1. The van der Waals surface area contributed by atoms with Gasteiger partial charge in [-0.2, -0.15) is 5.26 Å². The Balaban J connectivity index is 1.89. The van der Waals surface area contributed by atoms with Crippen LogP contribution in [0.5, 0.6) is 0 Å². The molecule has 0 radical (unpaired) electrons. The van der Waals surface area contributed by atoms with Crippen LogP contribution in [0, 0.1) is 11.3 Å². The van der Waals surface area contributed by atoms with Gasteiger partial charge in [0.15, 0.2) is 11.1 Å². The molecule has 1 saturated heterocycles. The van der Waals surface area contributed by atoms with Gasteiger partial charge in [-0.25, -0.2) is 18.4 Å². The number of aromatic nitrogens is 2. The number of para-hydroxylation sites is 2. The fourth-order valence-electron chi connectivity index (χ4n) is 3.23. The molecule has 1 aliphatic rings. The van der Waals surface area contributed by atoms with Gasteiger partial charge < -0.3 is 9.64 Å². The number of sulfone groups is 1. The molecule has 0 unspecified atom stereocenters. The van der Waals surface area contributed by atoms with E-state index in [1.165, 1.54) is 24.3 Å². The lowest BCUT2D eigenvalue weighted by molar-refractivity contribution is 0.122. The number of benzene rings is 2. The summed E-state index contributed by atoms with van der Waals surface area (Å²) in [6.07, 6.45) is 0. The first-order valence-electron chi connectivity index (χ1n) is 8.99. The molecule has 2 heterocycles. The highest BCUT2D eigenvalue weighted by molar-refractivity contribution is 7.92. The number of nitrogens with zero attached hydrogens (tertiary/aromatic N) is 4. The van der Waals surface area contributed by atoms with Crippen LogP contribution >= 0.6 is 11.6 Å². The molecule has 1 aliphatic heterocycles. The minimum Gasteiger partial charge on any atom is -0.378 e. The van der Waals surface area contributed by atoms with Crippen LogP contribution in [0.1, 0.15) is 10.9 Å². The molecule has 1 fully saturated rings. The second-order valence-corrected chi connectivity index (χ2v) is 9.00. The first-order valence-corrected chi connectivity index (χ1v) is 10.9. The number of fused-ring (bicyclic) bond motifs is 1. The molecular formula is C20H17ClN4O3S. The van der Waals surface area contributed by atoms with E-state index in [4.69, 9.17) is 16.3 Å². The van der Waals surface area contributed by atoms with Crippen molar-refractivity contribution in [2.75, 3.05) is 31.2 Å². The minimum atomic E-state index is -4.03. The third-order valence-electron chi connectivity index (χ3n) is 4.71. The Hall–Kier alpha value is -2.73. The minimum absolute atomic E-state index is 0.0105. The number of rotatable bonds is 4. The van der Waals surface area contributed by atoms with E-state index in [1.807, 2.05) is 23.1 Å². The number of hydrogen-bond acceptors (Lipinski definition) is 7. The molecule has 148 valence electrons. The Morgan fingerprint density at radius 1 is 1.03 bits per heavy atom. The van der Waals surface area contributed by atoms with Gasteiger partial charge in [0.1, 0.15) is 5.69 Å². The lowest BCUT2D eigenvalue weighted by atomic mass is 10.2. The summed E-state index contributed by atoms with van der Waals surface area (Å²) in [7, 11) is -4.03. The maximum Gasteiger partial charge on any atom is 0.200 e. The fourth-order valence-corrected chi connectivity index (χ4v) is 4.73. The smallest absolute Gasteiger partial charge is 0.200 e. The topological polar surface area (TPSA) is 96.2 Å². The fraction of sp³-hybridized carbons (Fsp3) is 0.250. The zero-order valence-electron chi connectivity index (χ0n) is 15.3. The van der Waals surface area contributed by atoms with E-state index in [-0.39, 0.29) is 10.6 Å². The van der Waals surface area contributed by atoms with E-state index >= 15 is 0 Å². The predicted molar refractivity (Wildman–Crippen MR) is 110 cm³/mol. The first-order chi connectivity index (χ1) is 14.0. The van der Waals surface area contributed by atoms with E-state index in [0.29, 0.717) is 48.2 Å². The van der Waals surface area contributed by atoms with Crippen LogP contribution in [-0.2, 0) is 14.6 Å². The molecule has 0 saturated carbocycles. The van der Waals surface area contributed by atoms with E-state index in [1.54, 1.807) is 12.1 Å². The highest BCUT2D eigenvalue weighted by Gasteiger charge is 2.35. The second-order valence-electron chi connectivity index (χ2n) is 6.53. The number of anilines is 1. The summed E-state index contributed by atoms with van der Waals surface area (Å²) in [5.41, 5.74) is 1.30. The Morgan fingerprint density at radius 2 is 1.66 bits per heavy atom. The quantitative estimate of drug-likeness (QED) is 0.629. The van der Waals surface area contributed by atoms with Crippen LogP contribution < -0.4 is 4.90 Å². The summed E-state index contributed by atoms with van der Waals surface area (Å²) in [4.78, 5) is 11.1. The number of hydrogen-bond donors (Lipinski definition) is 0. The monoisotopic (exact) mass is 428 g/mol. The van der Waals surface area contributed by atoms with Crippen molar-refractivity contribution >= 4 is 38.3 Å². The maximum atomic E-state index is 13.3. The van der Waals surface area contributed by atoms with Gasteiger partial charge in [-0.3, -0.25) is 0 Å². The van der Waals surface area contributed by atoms with Gasteiger partial charge in [0.05, 0.1) is 35.2 Å². The van der Waals surface area contributed by atoms with Gasteiger partial charge in [-0.1, -0.05) is 23.7 Å². The molecule has 3 aromatic rings. The summed E-state index contributed by atoms with van der Waals surface area (Å²) in [6.45, 7) is 2.07. The van der Waals surface area contributed by atoms with Crippen molar-refractivity contribution in [1.82, 2.24) is 9.97 Å². The van der Waals surface area contributed by atoms with Crippen molar-refractivity contribution in [2.45, 2.75) is 10.1 Å². The first kappa shape index (κ1) is 19.6. The molecule has 7 nitrogen and oxygen atoms in total. The SMILES string of the molecule is N#C[C@H](c1nc2ccccc2nc1N1CCOCC1)S(=O)(=O)c1ccc(Cl)cc1. The molecule has 4 rings (SSSR count). The molecule has 0 N–H and O–H groups in total. The largest absolute Gasteiger partial charge is 0.378 e. The number of halogens is 1. The highest BCUT2D eigenvalue weighted by Crippen LogP contribution is 2.34. The van der Waals surface area contributed by atoms with Crippen molar-refractivity contribution in [3.05, 3.63) is 59.2 Å². The summed E-state index contributed by atoms with van der Waals surface area (Å²) < 4.78 is 31.9. The zero-order valence-corrected chi connectivity index (χ0v) is 16.9. The molecule has 29 heavy (non-hydrogen) atoms. The third-order valence-corrected chi connectivity index (χ3v) is 6.84. The summed E-state index contributed by atoms with van der Waals surface area (Å²) >= 11 is 5.88. The molecule has 2 aromatic carbocycles. The van der Waals surface area contributed by atoms with Crippen molar-refractivity contribution in [1.29, 1.82) is 5.26 Å². The Labute approximate surface area is 173 Å². The zero-order chi connectivity index (χ0) is 20.4. The van der Waals surface area contributed by atoms with Crippen LogP contribution in [0.4, 0.5) is 5.82 Å².